The lowest BCUT2D eigenvalue weighted by atomic mass is 10.2. The first-order chi connectivity index (χ1) is 9.85. The quantitative estimate of drug-likeness (QED) is 0.849. The molecule has 0 bridgehead atoms. The Bertz CT molecular complexity index is 758. The summed E-state index contributed by atoms with van der Waals surface area (Å²) in [6, 6.07) is 6.64. The van der Waals surface area contributed by atoms with E-state index in [4.69, 9.17) is 28.9 Å². The van der Waals surface area contributed by atoms with Crippen molar-refractivity contribution in [2.24, 2.45) is 5.73 Å². The van der Waals surface area contributed by atoms with Gasteiger partial charge in [0.1, 0.15) is 4.21 Å². The molecule has 0 radical (unpaired) electrons. The number of aryl methyl sites for hydroxylation is 1. The van der Waals surface area contributed by atoms with Gasteiger partial charge in [-0.1, -0.05) is 29.3 Å². The van der Waals surface area contributed by atoms with Crippen LogP contribution in [0, 0.1) is 6.92 Å². The van der Waals surface area contributed by atoms with E-state index in [1.807, 2.05) is 0 Å². The molecular formula is C13H14Cl2N2O2S2. The summed E-state index contributed by atoms with van der Waals surface area (Å²) in [4.78, 5) is 0.916. The topological polar surface area (TPSA) is 72.2 Å². The van der Waals surface area contributed by atoms with Crippen LogP contribution in [-0.4, -0.2) is 15.0 Å². The molecule has 0 saturated heterocycles. The minimum absolute atomic E-state index is 0.201. The van der Waals surface area contributed by atoms with Gasteiger partial charge in [0.2, 0.25) is 0 Å². The van der Waals surface area contributed by atoms with Gasteiger partial charge in [-0.05, 0) is 43.7 Å². The van der Waals surface area contributed by atoms with Crippen molar-refractivity contribution in [3.05, 3.63) is 44.8 Å². The molecule has 0 aliphatic carbocycles. The highest BCUT2D eigenvalue weighted by atomic mass is 35.5. The summed E-state index contributed by atoms with van der Waals surface area (Å²) in [6.07, 6.45) is 0.645. The largest absolute Gasteiger partial charge is 0.330 e. The van der Waals surface area contributed by atoms with Crippen LogP contribution in [-0.2, 0) is 16.4 Å². The number of nitrogens with two attached hydrogens (primary N) is 1. The first kappa shape index (κ1) is 16.6. The SMILES string of the molecule is Cc1ccc(Cl)c(NS(=O)(=O)c2ccc(CCN)s2)c1Cl. The van der Waals surface area contributed by atoms with Crippen molar-refractivity contribution in [1.29, 1.82) is 0 Å². The summed E-state index contributed by atoms with van der Waals surface area (Å²) in [5.74, 6) is 0. The average Bonchev–Trinajstić information content (AvgIpc) is 2.89. The molecule has 8 heteroatoms. The average molecular weight is 365 g/mol. The van der Waals surface area contributed by atoms with E-state index in [1.165, 1.54) is 11.3 Å². The van der Waals surface area contributed by atoms with Gasteiger partial charge in [-0.25, -0.2) is 8.42 Å². The van der Waals surface area contributed by atoms with Gasteiger partial charge >= 0.3 is 0 Å². The van der Waals surface area contributed by atoms with Gasteiger partial charge in [0.05, 0.1) is 15.7 Å². The maximum atomic E-state index is 12.4. The molecule has 0 saturated carbocycles. The molecule has 0 fully saturated rings. The Labute approximate surface area is 137 Å². The Morgan fingerprint density at radius 2 is 1.95 bits per heavy atom. The predicted octanol–water partition coefficient (Wildman–Crippen LogP) is 3.67. The zero-order valence-corrected chi connectivity index (χ0v) is 14.3. The molecule has 21 heavy (non-hydrogen) atoms. The number of sulfonamides is 1. The number of rotatable bonds is 5. The van der Waals surface area contributed by atoms with Crippen LogP contribution >= 0.6 is 34.5 Å². The van der Waals surface area contributed by atoms with Crippen LogP contribution in [0.4, 0.5) is 5.69 Å². The van der Waals surface area contributed by atoms with Crippen molar-refractivity contribution in [1.82, 2.24) is 0 Å². The minimum atomic E-state index is -3.71. The maximum absolute atomic E-state index is 12.4. The molecule has 0 spiro atoms. The summed E-state index contributed by atoms with van der Waals surface area (Å²) >= 11 is 13.3. The van der Waals surface area contributed by atoms with E-state index in [9.17, 15) is 8.42 Å². The van der Waals surface area contributed by atoms with Crippen molar-refractivity contribution < 1.29 is 8.42 Å². The molecule has 4 nitrogen and oxygen atoms in total. The van der Waals surface area contributed by atoms with E-state index >= 15 is 0 Å². The lowest BCUT2D eigenvalue weighted by molar-refractivity contribution is 0.603. The summed E-state index contributed by atoms with van der Waals surface area (Å²) in [6.45, 7) is 2.25. The second kappa shape index (κ2) is 6.54. The summed E-state index contributed by atoms with van der Waals surface area (Å²) < 4.78 is 27.4. The third-order valence-electron chi connectivity index (χ3n) is 2.81. The van der Waals surface area contributed by atoms with Crippen molar-refractivity contribution in [2.45, 2.75) is 17.6 Å². The Kier molecular flexibility index (Phi) is 5.16. The van der Waals surface area contributed by atoms with Gasteiger partial charge < -0.3 is 5.73 Å². The van der Waals surface area contributed by atoms with Crippen LogP contribution in [0.1, 0.15) is 10.4 Å². The normalized spacial score (nSPS) is 11.6. The van der Waals surface area contributed by atoms with Gasteiger partial charge in [0.25, 0.3) is 10.0 Å². The predicted molar refractivity (Wildman–Crippen MR) is 89.1 cm³/mol. The second-order valence-electron chi connectivity index (χ2n) is 4.42. The number of nitrogens with one attached hydrogen (secondary N) is 1. The van der Waals surface area contributed by atoms with Gasteiger partial charge in [-0.2, -0.15) is 0 Å². The van der Waals surface area contributed by atoms with Crippen molar-refractivity contribution in [2.75, 3.05) is 11.3 Å². The fraction of sp³-hybridized carbons (Fsp3) is 0.231. The van der Waals surface area contributed by atoms with Crippen LogP contribution in [0.15, 0.2) is 28.5 Å². The Morgan fingerprint density at radius 1 is 1.24 bits per heavy atom. The molecule has 2 aromatic rings. The second-order valence-corrected chi connectivity index (χ2v) is 8.28. The zero-order valence-electron chi connectivity index (χ0n) is 11.2. The van der Waals surface area contributed by atoms with Gasteiger partial charge in [0.15, 0.2) is 0 Å². The van der Waals surface area contributed by atoms with E-state index in [2.05, 4.69) is 4.72 Å². The standard InChI is InChI=1S/C13H14Cl2N2O2S2/c1-8-2-4-10(14)13(12(8)15)17-21(18,19)11-5-3-9(20-11)6-7-16/h2-5,17H,6-7,16H2,1H3. The van der Waals surface area contributed by atoms with Crippen LogP contribution < -0.4 is 10.5 Å². The van der Waals surface area contributed by atoms with Crippen LogP contribution in [0.5, 0.6) is 0 Å². The first-order valence-corrected chi connectivity index (χ1v) is 9.17. The number of anilines is 1. The molecule has 0 atom stereocenters. The fourth-order valence-electron chi connectivity index (χ4n) is 1.71. The van der Waals surface area contributed by atoms with Gasteiger partial charge in [0, 0.05) is 4.88 Å². The number of halogens is 2. The van der Waals surface area contributed by atoms with E-state index < -0.39 is 10.0 Å². The highest BCUT2D eigenvalue weighted by Crippen LogP contribution is 2.35. The third-order valence-corrected chi connectivity index (χ3v) is 6.60. The summed E-state index contributed by atoms with van der Waals surface area (Å²) in [7, 11) is -3.71. The molecule has 0 amide bonds. The van der Waals surface area contributed by atoms with E-state index in [0.29, 0.717) is 18.0 Å². The molecule has 2 rings (SSSR count). The minimum Gasteiger partial charge on any atom is -0.330 e. The number of hydrogen-bond acceptors (Lipinski definition) is 4. The molecular weight excluding hydrogens is 351 g/mol. The monoisotopic (exact) mass is 364 g/mol. The number of hydrogen-bond donors (Lipinski definition) is 2. The molecule has 1 heterocycles. The summed E-state index contributed by atoms with van der Waals surface area (Å²) in [5.41, 5.74) is 6.41. The molecule has 0 aliphatic heterocycles. The first-order valence-electron chi connectivity index (χ1n) is 6.11. The highest BCUT2D eigenvalue weighted by molar-refractivity contribution is 7.94. The summed E-state index contributed by atoms with van der Waals surface area (Å²) in [5, 5.41) is 0.553. The lowest BCUT2D eigenvalue weighted by Crippen LogP contribution is -2.12. The van der Waals surface area contributed by atoms with Crippen molar-refractivity contribution in [3.8, 4) is 0 Å². The van der Waals surface area contributed by atoms with Crippen LogP contribution in [0.2, 0.25) is 10.0 Å². The zero-order chi connectivity index (χ0) is 15.6. The molecule has 3 N–H and O–H groups in total. The third kappa shape index (κ3) is 3.70. The van der Waals surface area contributed by atoms with Crippen molar-refractivity contribution >= 4 is 50.2 Å². The molecule has 0 unspecified atom stereocenters. The van der Waals surface area contributed by atoms with E-state index in [-0.39, 0.29) is 14.9 Å². The number of benzene rings is 1. The molecule has 114 valence electrons. The van der Waals surface area contributed by atoms with Crippen LogP contribution in [0.3, 0.4) is 0 Å². The van der Waals surface area contributed by atoms with Crippen LogP contribution in [0.25, 0.3) is 0 Å². The molecule has 1 aromatic heterocycles. The maximum Gasteiger partial charge on any atom is 0.271 e. The van der Waals surface area contributed by atoms with Gasteiger partial charge in [-0.15, -0.1) is 11.3 Å². The Balaban J connectivity index is 2.35. The number of thiophene rings is 1. The van der Waals surface area contributed by atoms with Crippen molar-refractivity contribution in [3.63, 3.8) is 0 Å². The molecule has 0 aliphatic rings. The van der Waals surface area contributed by atoms with E-state index in [0.717, 1.165) is 10.4 Å². The highest BCUT2D eigenvalue weighted by Gasteiger charge is 2.20. The van der Waals surface area contributed by atoms with Gasteiger partial charge in [-0.3, -0.25) is 4.72 Å². The smallest absolute Gasteiger partial charge is 0.271 e. The Morgan fingerprint density at radius 3 is 2.62 bits per heavy atom. The molecule has 1 aromatic carbocycles. The lowest BCUT2D eigenvalue weighted by Gasteiger charge is -2.11. The Hall–Kier alpha value is -0.790. The fourth-order valence-corrected chi connectivity index (χ4v) is 4.76. The van der Waals surface area contributed by atoms with E-state index in [1.54, 1.807) is 31.2 Å².